The lowest BCUT2D eigenvalue weighted by Gasteiger charge is -2.43. The van der Waals surface area contributed by atoms with Crippen molar-refractivity contribution >= 4 is 11.7 Å². The molecule has 0 atom stereocenters. The summed E-state index contributed by atoms with van der Waals surface area (Å²) >= 11 is 0. The predicted molar refractivity (Wildman–Crippen MR) is 77.4 cm³/mol. The monoisotopic (exact) mass is 293 g/mol. The van der Waals surface area contributed by atoms with Gasteiger partial charge in [-0.25, -0.2) is 4.39 Å². The molecule has 5 nitrogen and oxygen atoms in total. The second-order valence-corrected chi connectivity index (χ2v) is 5.72. The molecule has 0 unspecified atom stereocenters. The number of nitrogens with zero attached hydrogens (tertiary/aromatic N) is 1. The van der Waals surface area contributed by atoms with Gasteiger partial charge in [0.1, 0.15) is 11.2 Å². The molecule has 0 aliphatic heterocycles. The van der Waals surface area contributed by atoms with Gasteiger partial charge in [-0.15, -0.1) is 0 Å². The van der Waals surface area contributed by atoms with Crippen molar-refractivity contribution in [2.75, 3.05) is 6.54 Å². The van der Waals surface area contributed by atoms with Crippen LogP contribution in [0.15, 0.2) is 29.4 Å². The molecule has 0 heterocycles. The fourth-order valence-electron chi connectivity index (χ4n) is 2.92. The number of halogens is 1. The molecular weight excluding hydrogens is 273 g/mol. The van der Waals surface area contributed by atoms with Crippen LogP contribution >= 0.6 is 0 Å². The van der Waals surface area contributed by atoms with Crippen LogP contribution in [0.2, 0.25) is 0 Å². The van der Waals surface area contributed by atoms with Crippen LogP contribution in [0, 0.1) is 17.2 Å². The van der Waals surface area contributed by atoms with Gasteiger partial charge in [-0.3, -0.25) is 4.79 Å². The average molecular weight is 293 g/mol. The number of amidine groups is 1. The maximum atomic E-state index is 13.1. The zero-order valence-electron chi connectivity index (χ0n) is 12.0. The van der Waals surface area contributed by atoms with E-state index in [0.717, 1.165) is 5.56 Å². The Morgan fingerprint density at radius 2 is 2.29 bits per heavy atom. The molecule has 4 N–H and O–H groups in total. The van der Waals surface area contributed by atoms with Gasteiger partial charge in [-0.1, -0.05) is 24.2 Å². The van der Waals surface area contributed by atoms with Gasteiger partial charge in [0.15, 0.2) is 5.84 Å². The van der Waals surface area contributed by atoms with Gasteiger partial charge >= 0.3 is 0 Å². The number of nitrogens with two attached hydrogens (primary N) is 1. The number of hydrogen-bond acceptors (Lipinski definition) is 3. The summed E-state index contributed by atoms with van der Waals surface area (Å²) in [6, 6.07) is 6.26. The first-order valence-corrected chi connectivity index (χ1v) is 6.98. The van der Waals surface area contributed by atoms with Gasteiger partial charge in [0.25, 0.3) is 0 Å². The van der Waals surface area contributed by atoms with E-state index in [4.69, 9.17) is 10.9 Å². The van der Waals surface area contributed by atoms with Crippen LogP contribution in [-0.4, -0.2) is 23.5 Å². The number of benzene rings is 1. The van der Waals surface area contributed by atoms with Crippen molar-refractivity contribution in [1.82, 2.24) is 5.32 Å². The van der Waals surface area contributed by atoms with Crippen LogP contribution in [0.1, 0.15) is 25.3 Å². The Labute approximate surface area is 123 Å². The second-order valence-electron chi connectivity index (χ2n) is 5.72. The molecule has 6 heteroatoms. The Hall–Kier alpha value is -2.11. The van der Waals surface area contributed by atoms with Crippen molar-refractivity contribution in [3.8, 4) is 0 Å². The fraction of sp³-hybridized carbons (Fsp3) is 0.467. The molecule has 1 fully saturated rings. The average Bonchev–Trinajstić information content (AvgIpc) is 2.42. The van der Waals surface area contributed by atoms with Gasteiger partial charge in [0.05, 0.1) is 0 Å². The highest BCUT2D eigenvalue weighted by Gasteiger charge is 2.51. The zero-order valence-corrected chi connectivity index (χ0v) is 12.0. The molecule has 1 saturated carbocycles. The van der Waals surface area contributed by atoms with Crippen molar-refractivity contribution in [2.24, 2.45) is 22.2 Å². The second kappa shape index (κ2) is 6.11. The number of nitrogens with one attached hydrogen (secondary N) is 1. The van der Waals surface area contributed by atoms with Crippen molar-refractivity contribution < 1.29 is 14.4 Å². The third-order valence-electron chi connectivity index (χ3n) is 4.01. The Morgan fingerprint density at radius 1 is 1.57 bits per heavy atom. The van der Waals surface area contributed by atoms with Crippen LogP contribution in [0.25, 0.3) is 0 Å². The molecule has 2 rings (SSSR count). The van der Waals surface area contributed by atoms with E-state index in [1.807, 2.05) is 6.92 Å². The Bertz CT molecular complexity index is 554. The highest BCUT2D eigenvalue weighted by Crippen LogP contribution is 2.45. The van der Waals surface area contributed by atoms with Gasteiger partial charge in [-0.05, 0) is 42.9 Å². The molecule has 114 valence electrons. The minimum absolute atomic E-state index is 0.0381. The molecule has 1 aromatic rings. The molecule has 0 bridgehead atoms. The number of carbonyl (C=O) groups is 1. The van der Waals surface area contributed by atoms with Crippen LogP contribution in [0.3, 0.4) is 0 Å². The third-order valence-corrected chi connectivity index (χ3v) is 4.01. The van der Waals surface area contributed by atoms with Gasteiger partial charge in [0.2, 0.25) is 5.91 Å². The normalized spacial score (nSPS) is 25.2. The van der Waals surface area contributed by atoms with Crippen molar-refractivity contribution in [3.63, 3.8) is 0 Å². The van der Waals surface area contributed by atoms with E-state index < -0.39 is 5.41 Å². The fourth-order valence-corrected chi connectivity index (χ4v) is 2.92. The van der Waals surface area contributed by atoms with E-state index in [-0.39, 0.29) is 17.6 Å². The Kier molecular flexibility index (Phi) is 4.45. The number of rotatable bonds is 5. The summed E-state index contributed by atoms with van der Waals surface area (Å²) in [6.07, 6.45) is 1.69. The minimum atomic E-state index is -0.893. The molecule has 1 aliphatic carbocycles. The van der Waals surface area contributed by atoms with E-state index in [0.29, 0.717) is 31.7 Å². The molecule has 0 spiro atoms. The van der Waals surface area contributed by atoms with Crippen LogP contribution in [0.5, 0.6) is 0 Å². The smallest absolute Gasteiger partial charge is 0.233 e. The molecular formula is C15H20FN3O2. The molecule has 1 aromatic carbocycles. The van der Waals surface area contributed by atoms with E-state index in [2.05, 4.69) is 10.5 Å². The van der Waals surface area contributed by atoms with Crippen LogP contribution < -0.4 is 11.1 Å². The number of amides is 1. The summed E-state index contributed by atoms with van der Waals surface area (Å²) in [5.41, 5.74) is 5.59. The van der Waals surface area contributed by atoms with Gasteiger partial charge in [-0.2, -0.15) is 0 Å². The zero-order chi connectivity index (χ0) is 15.5. The maximum absolute atomic E-state index is 13.1. The summed E-state index contributed by atoms with van der Waals surface area (Å²) in [4.78, 5) is 12.3. The first-order chi connectivity index (χ1) is 9.98. The van der Waals surface area contributed by atoms with E-state index in [1.54, 1.807) is 12.1 Å². The largest absolute Gasteiger partial charge is 0.409 e. The maximum Gasteiger partial charge on any atom is 0.233 e. The van der Waals surface area contributed by atoms with E-state index in [1.165, 1.54) is 12.1 Å². The van der Waals surface area contributed by atoms with Crippen LogP contribution in [0.4, 0.5) is 4.39 Å². The molecule has 0 aromatic heterocycles. The predicted octanol–water partition coefficient (Wildman–Crippen LogP) is 1.65. The lowest BCUT2D eigenvalue weighted by molar-refractivity contribution is -0.133. The molecule has 0 saturated heterocycles. The Morgan fingerprint density at radius 3 is 2.86 bits per heavy atom. The Balaban J connectivity index is 1.92. The third kappa shape index (κ3) is 3.15. The number of hydrogen-bond donors (Lipinski definition) is 3. The highest BCUT2D eigenvalue weighted by atomic mass is 19.1. The van der Waals surface area contributed by atoms with Crippen molar-refractivity contribution in [3.05, 3.63) is 35.6 Å². The molecule has 1 aliphatic rings. The number of carbonyl (C=O) groups excluding carboxylic acids is 1. The minimum Gasteiger partial charge on any atom is -0.409 e. The molecule has 1 amide bonds. The first kappa shape index (κ1) is 15.3. The topological polar surface area (TPSA) is 87.7 Å². The van der Waals surface area contributed by atoms with Crippen molar-refractivity contribution in [1.29, 1.82) is 0 Å². The summed E-state index contributed by atoms with van der Waals surface area (Å²) in [6.45, 7) is 2.40. The quantitative estimate of drug-likeness (QED) is 0.334. The van der Waals surface area contributed by atoms with Gasteiger partial charge < -0.3 is 16.3 Å². The first-order valence-electron chi connectivity index (χ1n) is 6.98. The van der Waals surface area contributed by atoms with Crippen LogP contribution in [-0.2, 0) is 11.2 Å². The summed E-state index contributed by atoms with van der Waals surface area (Å²) in [5.74, 6) is -0.185. The lowest BCUT2D eigenvalue weighted by atomic mass is 9.61. The number of oxime groups is 1. The molecule has 0 radical (unpaired) electrons. The van der Waals surface area contributed by atoms with Gasteiger partial charge in [0, 0.05) is 6.54 Å². The highest BCUT2D eigenvalue weighted by molar-refractivity contribution is 6.07. The van der Waals surface area contributed by atoms with E-state index in [9.17, 15) is 9.18 Å². The standard InChI is InChI=1S/C15H20FN3O2/c1-10-8-15(9-10,13(17)19-21)14(20)18-6-5-11-3-2-4-12(16)7-11/h2-4,7,10,21H,5-6,8-9H2,1H3,(H2,17,19)(H,18,20). The molecule has 21 heavy (non-hydrogen) atoms. The summed E-state index contributed by atoms with van der Waals surface area (Å²) < 4.78 is 13.1. The SMILES string of the molecule is CC1CC(C(=O)NCCc2cccc(F)c2)(/C(N)=N/O)C1. The van der Waals surface area contributed by atoms with E-state index >= 15 is 0 Å². The van der Waals surface area contributed by atoms with Crippen molar-refractivity contribution in [2.45, 2.75) is 26.2 Å². The summed E-state index contributed by atoms with van der Waals surface area (Å²) in [7, 11) is 0. The lowest BCUT2D eigenvalue weighted by Crippen LogP contribution is -2.57. The summed E-state index contributed by atoms with van der Waals surface area (Å²) in [5, 5.41) is 14.6.